The molecule has 160 valence electrons. The zero-order valence-electron chi connectivity index (χ0n) is 16.8. The van der Waals surface area contributed by atoms with Crippen molar-refractivity contribution < 1.29 is 18.3 Å². The maximum absolute atomic E-state index is 13.0. The zero-order chi connectivity index (χ0) is 21.4. The van der Waals surface area contributed by atoms with E-state index in [1.807, 2.05) is 6.92 Å². The number of nitrogens with one attached hydrogen (secondary N) is 1. The number of hydroxylamine groups is 1. The standard InChI is InChI=1S/C21H23F2N4O3/c1-11-5-14(7-25-21(11)30-10-19(22)23)12(2)17-6-16(26-20(28)13-3-4-13)15-8-24-9-18(15)27(17)29/h5,7-9,12-13,17,19,24H,3-4,6,10H2,1-2H3/q-1. The van der Waals surface area contributed by atoms with Crippen LogP contribution < -0.4 is 9.80 Å². The normalized spacial score (nSPS) is 21.1. The largest absolute Gasteiger partial charge is 0.758 e. The van der Waals surface area contributed by atoms with Gasteiger partial charge in [-0.3, -0.25) is 4.79 Å². The Kier molecular flexibility index (Phi) is 5.55. The van der Waals surface area contributed by atoms with Gasteiger partial charge in [0.1, 0.15) is 0 Å². The van der Waals surface area contributed by atoms with Crippen molar-refractivity contribution in [1.82, 2.24) is 9.97 Å². The van der Waals surface area contributed by atoms with Crippen LogP contribution in [0, 0.1) is 18.0 Å². The van der Waals surface area contributed by atoms with Gasteiger partial charge in [0.2, 0.25) is 11.8 Å². The van der Waals surface area contributed by atoms with Gasteiger partial charge in [-0.1, -0.05) is 6.92 Å². The van der Waals surface area contributed by atoms with Gasteiger partial charge in [0, 0.05) is 54.0 Å². The van der Waals surface area contributed by atoms with Crippen LogP contribution >= 0.6 is 0 Å². The van der Waals surface area contributed by atoms with E-state index < -0.39 is 19.1 Å². The number of alkyl halides is 2. The second-order valence-corrected chi connectivity index (χ2v) is 7.90. The molecule has 0 aromatic carbocycles. The fourth-order valence-electron chi connectivity index (χ4n) is 3.73. The molecule has 4 rings (SSSR count). The number of anilines is 1. The summed E-state index contributed by atoms with van der Waals surface area (Å²) in [5, 5.41) is 14.0. The average Bonchev–Trinajstić information content (AvgIpc) is 3.45. The van der Waals surface area contributed by atoms with E-state index in [0.29, 0.717) is 28.9 Å². The number of pyridine rings is 1. The summed E-state index contributed by atoms with van der Waals surface area (Å²) in [6, 6.07) is 1.32. The van der Waals surface area contributed by atoms with E-state index in [-0.39, 0.29) is 23.6 Å². The molecule has 2 atom stereocenters. The van der Waals surface area contributed by atoms with E-state index in [1.54, 1.807) is 31.6 Å². The number of ether oxygens (including phenoxy) is 1. The zero-order valence-corrected chi connectivity index (χ0v) is 16.8. The minimum Gasteiger partial charge on any atom is -0.758 e. The lowest BCUT2D eigenvalue weighted by Gasteiger charge is -2.45. The molecule has 2 aliphatic rings. The number of rotatable bonds is 6. The smallest absolute Gasteiger partial charge is 0.272 e. The van der Waals surface area contributed by atoms with Gasteiger partial charge in [0.25, 0.3) is 6.43 Å². The van der Waals surface area contributed by atoms with Crippen molar-refractivity contribution in [3.05, 3.63) is 46.6 Å². The first-order valence-electron chi connectivity index (χ1n) is 9.97. The van der Waals surface area contributed by atoms with Crippen molar-refractivity contribution in [1.29, 1.82) is 0 Å². The van der Waals surface area contributed by atoms with Gasteiger partial charge in [0.15, 0.2) is 6.61 Å². The number of aromatic nitrogens is 2. The molecule has 2 unspecified atom stereocenters. The molecule has 1 N–H and O–H groups in total. The Bertz CT molecular complexity index is 971. The number of carbonyl (C=O) groups is 1. The molecule has 1 amide bonds. The van der Waals surface area contributed by atoms with E-state index >= 15 is 0 Å². The third kappa shape index (κ3) is 4.07. The number of carbonyl (C=O) groups excluding carboxylic acids is 1. The lowest BCUT2D eigenvalue weighted by molar-refractivity contribution is -0.118. The van der Waals surface area contributed by atoms with E-state index in [0.717, 1.165) is 23.5 Å². The lowest BCUT2D eigenvalue weighted by atomic mass is 9.86. The Hall–Kier alpha value is -2.81. The number of hydrogen-bond donors (Lipinski definition) is 1. The summed E-state index contributed by atoms with van der Waals surface area (Å²) in [5.41, 5.74) is 3.14. The Morgan fingerprint density at radius 2 is 2.20 bits per heavy atom. The molecule has 1 aliphatic heterocycles. The van der Waals surface area contributed by atoms with Crippen LogP contribution in [0.25, 0.3) is 0 Å². The monoisotopic (exact) mass is 417 g/mol. The molecule has 0 radical (unpaired) electrons. The van der Waals surface area contributed by atoms with Crippen LogP contribution in [-0.4, -0.2) is 40.7 Å². The lowest BCUT2D eigenvalue weighted by Crippen LogP contribution is -2.41. The number of aromatic amines is 1. The summed E-state index contributed by atoms with van der Waals surface area (Å²) in [6.07, 6.45) is 4.35. The highest BCUT2D eigenvalue weighted by Crippen LogP contribution is 2.38. The van der Waals surface area contributed by atoms with E-state index in [2.05, 4.69) is 15.0 Å². The van der Waals surface area contributed by atoms with E-state index in [9.17, 15) is 18.8 Å². The Morgan fingerprint density at radius 3 is 2.87 bits per heavy atom. The molecule has 1 fully saturated rings. The fraction of sp³-hybridized carbons (Fsp3) is 0.476. The molecule has 0 bridgehead atoms. The molecule has 0 spiro atoms. The molecule has 0 saturated heterocycles. The first kappa shape index (κ1) is 20.5. The predicted octanol–water partition coefficient (Wildman–Crippen LogP) is 3.97. The minimum atomic E-state index is -2.58. The second kappa shape index (κ2) is 8.14. The van der Waals surface area contributed by atoms with Gasteiger partial charge in [-0.25, -0.2) is 18.8 Å². The Balaban J connectivity index is 1.58. The highest BCUT2D eigenvalue weighted by molar-refractivity contribution is 6.12. The maximum atomic E-state index is 13.0. The van der Waals surface area contributed by atoms with Gasteiger partial charge in [-0.05, 0) is 31.4 Å². The predicted molar refractivity (Wildman–Crippen MR) is 108 cm³/mol. The third-order valence-corrected chi connectivity index (χ3v) is 5.65. The molecule has 7 nitrogen and oxygen atoms in total. The van der Waals surface area contributed by atoms with Crippen LogP contribution in [0.15, 0.2) is 29.6 Å². The van der Waals surface area contributed by atoms with E-state index in [4.69, 9.17) is 4.74 Å². The van der Waals surface area contributed by atoms with Crippen LogP contribution in [0.1, 0.15) is 48.8 Å². The van der Waals surface area contributed by atoms with Crippen molar-refractivity contribution in [2.45, 2.75) is 51.5 Å². The highest BCUT2D eigenvalue weighted by Gasteiger charge is 2.34. The average molecular weight is 417 g/mol. The van der Waals surface area contributed by atoms with Crippen molar-refractivity contribution >= 4 is 17.3 Å². The molecule has 1 aliphatic carbocycles. The van der Waals surface area contributed by atoms with Crippen molar-refractivity contribution in [3.63, 3.8) is 0 Å². The molecule has 30 heavy (non-hydrogen) atoms. The summed E-state index contributed by atoms with van der Waals surface area (Å²) >= 11 is 0. The molecule has 2 aromatic rings. The minimum absolute atomic E-state index is 0.00804. The Labute approximate surface area is 172 Å². The van der Waals surface area contributed by atoms with Crippen molar-refractivity contribution in [2.24, 2.45) is 10.9 Å². The summed E-state index contributed by atoms with van der Waals surface area (Å²) in [4.78, 5) is 23.7. The summed E-state index contributed by atoms with van der Waals surface area (Å²) in [7, 11) is 0. The van der Waals surface area contributed by atoms with Crippen molar-refractivity contribution in [2.75, 3.05) is 11.7 Å². The summed E-state index contributed by atoms with van der Waals surface area (Å²) in [5.74, 6) is -0.198. The molecule has 2 aromatic heterocycles. The van der Waals surface area contributed by atoms with Gasteiger partial charge in [-0.15, -0.1) is 0 Å². The fourth-order valence-corrected chi connectivity index (χ4v) is 3.73. The number of H-pyrrole nitrogens is 1. The number of fused-ring (bicyclic) bond motifs is 1. The maximum Gasteiger partial charge on any atom is 0.272 e. The summed E-state index contributed by atoms with van der Waals surface area (Å²) < 4.78 is 29.8. The first-order valence-corrected chi connectivity index (χ1v) is 9.97. The molecule has 9 heteroatoms. The SMILES string of the molecule is Cc1cc(C(C)C2CC(=NC(=O)C3CC3)c3c[nH]cc3N2[O-])cnc1OCC(F)F. The topological polar surface area (TPSA) is 93.6 Å². The van der Waals surface area contributed by atoms with Gasteiger partial charge in [-0.2, -0.15) is 0 Å². The molecule has 1 saturated carbocycles. The van der Waals surface area contributed by atoms with Crippen LogP contribution in [0.3, 0.4) is 0 Å². The van der Waals surface area contributed by atoms with Gasteiger partial charge >= 0.3 is 0 Å². The quantitative estimate of drug-likeness (QED) is 0.768. The molecular weight excluding hydrogens is 394 g/mol. The third-order valence-electron chi connectivity index (χ3n) is 5.65. The Morgan fingerprint density at radius 1 is 1.43 bits per heavy atom. The van der Waals surface area contributed by atoms with Crippen molar-refractivity contribution in [3.8, 4) is 5.88 Å². The second-order valence-electron chi connectivity index (χ2n) is 7.90. The molecule has 3 heterocycles. The van der Waals surface area contributed by atoms with Gasteiger partial charge < -0.3 is 20.0 Å². The number of amides is 1. The van der Waals surface area contributed by atoms with Crippen LogP contribution in [0.5, 0.6) is 5.88 Å². The molecular formula is C21H23F2N4O3-. The number of aryl methyl sites for hydroxylation is 1. The summed E-state index contributed by atoms with van der Waals surface area (Å²) in [6.45, 7) is 2.92. The number of hydrogen-bond acceptors (Lipinski definition) is 5. The number of aliphatic imine (C=N–C) groups is 1. The first-order chi connectivity index (χ1) is 14.3. The van der Waals surface area contributed by atoms with Crippen LogP contribution in [-0.2, 0) is 4.79 Å². The van der Waals surface area contributed by atoms with E-state index in [1.165, 1.54) is 0 Å². The van der Waals surface area contributed by atoms with Gasteiger partial charge in [0.05, 0.1) is 11.4 Å². The highest BCUT2D eigenvalue weighted by atomic mass is 19.3. The number of halogens is 2. The van der Waals surface area contributed by atoms with Crippen LogP contribution in [0.2, 0.25) is 0 Å². The van der Waals surface area contributed by atoms with Crippen LogP contribution in [0.4, 0.5) is 14.5 Å². The number of nitrogens with zero attached hydrogens (tertiary/aromatic N) is 3.